The molecule has 3 rings (SSSR count). The highest BCUT2D eigenvalue weighted by atomic mass is 16.2. The summed E-state index contributed by atoms with van der Waals surface area (Å²) in [6, 6.07) is 18.5. The van der Waals surface area contributed by atoms with Crippen LogP contribution in [0.5, 0.6) is 0 Å². The second kappa shape index (κ2) is 7.04. The molecule has 0 fully saturated rings. The fraction of sp³-hybridized carbons (Fsp3) is 0. The minimum absolute atomic E-state index is 0.405. The summed E-state index contributed by atoms with van der Waals surface area (Å²) < 4.78 is 0. The number of aromatic nitrogens is 2. The van der Waals surface area contributed by atoms with Gasteiger partial charge in [0, 0.05) is 16.8 Å². The maximum Gasteiger partial charge on any atom is 0.339 e. The van der Waals surface area contributed by atoms with Gasteiger partial charge >= 0.3 is 6.03 Å². The molecule has 114 valence electrons. The van der Waals surface area contributed by atoms with Crippen molar-refractivity contribution in [1.82, 2.24) is 15.6 Å². The molecule has 6 nitrogen and oxygen atoms in total. The molecule has 23 heavy (non-hydrogen) atoms. The van der Waals surface area contributed by atoms with Crippen molar-refractivity contribution in [1.29, 1.82) is 0 Å². The maximum absolute atomic E-state index is 11.7. The summed E-state index contributed by atoms with van der Waals surface area (Å²) in [5, 5.41) is 13.6. The van der Waals surface area contributed by atoms with Crippen LogP contribution in [-0.4, -0.2) is 22.4 Å². The number of anilines is 1. The molecular weight excluding hydrogens is 290 g/mol. The lowest BCUT2D eigenvalue weighted by atomic mass is 10.1. The van der Waals surface area contributed by atoms with E-state index in [-0.39, 0.29) is 0 Å². The molecule has 2 amide bonds. The largest absolute Gasteiger partial charge is 0.339 e. The first-order chi connectivity index (χ1) is 11.3. The van der Waals surface area contributed by atoms with E-state index in [1.165, 1.54) is 0 Å². The van der Waals surface area contributed by atoms with Crippen LogP contribution in [0.25, 0.3) is 11.3 Å². The van der Waals surface area contributed by atoms with Gasteiger partial charge in [-0.1, -0.05) is 48.5 Å². The highest BCUT2D eigenvalue weighted by molar-refractivity contribution is 5.92. The Morgan fingerprint density at radius 1 is 1.04 bits per heavy atom. The molecule has 0 aliphatic rings. The number of urea groups is 1. The van der Waals surface area contributed by atoms with Crippen molar-refractivity contribution in [2.24, 2.45) is 5.10 Å². The number of hydrogen-bond donors (Lipinski definition) is 3. The van der Waals surface area contributed by atoms with Crippen LogP contribution >= 0.6 is 0 Å². The fourth-order valence-corrected chi connectivity index (χ4v) is 2.07. The molecule has 0 aliphatic heterocycles. The molecule has 0 unspecified atom stereocenters. The number of para-hydroxylation sites is 1. The zero-order valence-electron chi connectivity index (χ0n) is 12.2. The Kier molecular flexibility index (Phi) is 4.44. The topological polar surface area (TPSA) is 82.2 Å². The van der Waals surface area contributed by atoms with Gasteiger partial charge in [0.05, 0.1) is 18.1 Å². The van der Waals surface area contributed by atoms with Crippen LogP contribution < -0.4 is 10.7 Å². The van der Waals surface area contributed by atoms with Crippen LogP contribution in [-0.2, 0) is 0 Å². The van der Waals surface area contributed by atoms with E-state index >= 15 is 0 Å². The van der Waals surface area contributed by atoms with Crippen molar-refractivity contribution in [2.45, 2.75) is 0 Å². The van der Waals surface area contributed by atoms with E-state index in [0.717, 1.165) is 16.8 Å². The summed E-state index contributed by atoms with van der Waals surface area (Å²) in [5.41, 5.74) is 5.76. The number of hydrazone groups is 1. The van der Waals surface area contributed by atoms with E-state index < -0.39 is 6.03 Å². The second-order valence-corrected chi connectivity index (χ2v) is 4.76. The Morgan fingerprint density at radius 3 is 2.48 bits per heavy atom. The van der Waals surface area contributed by atoms with E-state index in [9.17, 15) is 4.79 Å². The van der Waals surface area contributed by atoms with Crippen LogP contribution in [0.1, 0.15) is 5.56 Å². The molecule has 6 heteroatoms. The molecule has 3 N–H and O–H groups in total. The summed E-state index contributed by atoms with van der Waals surface area (Å²) >= 11 is 0. The quantitative estimate of drug-likeness (QED) is 0.511. The standard InChI is InChI=1S/C17H15N5O/c23-17(20-15-9-5-2-6-10-15)22-19-12-14-11-18-21-16(14)13-7-3-1-4-8-13/h1-12H,(H,18,21)(H2,20,22,23)/b19-12-. The number of rotatable bonds is 4. The Bertz CT molecular complexity index is 796. The second-order valence-electron chi connectivity index (χ2n) is 4.76. The van der Waals surface area contributed by atoms with Gasteiger partial charge in [0.25, 0.3) is 0 Å². The van der Waals surface area contributed by atoms with Crippen molar-refractivity contribution in [3.8, 4) is 11.3 Å². The van der Waals surface area contributed by atoms with Crippen LogP contribution in [0, 0.1) is 0 Å². The lowest BCUT2D eigenvalue weighted by molar-refractivity contribution is 0.252. The molecule has 0 aliphatic carbocycles. The van der Waals surface area contributed by atoms with Gasteiger partial charge in [-0.05, 0) is 12.1 Å². The summed E-state index contributed by atoms with van der Waals surface area (Å²) in [6.45, 7) is 0. The molecule has 0 bridgehead atoms. The number of carbonyl (C=O) groups excluding carboxylic acids is 1. The monoisotopic (exact) mass is 305 g/mol. The van der Waals surface area contributed by atoms with E-state index in [1.807, 2.05) is 48.5 Å². The Morgan fingerprint density at radius 2 is 1.74 bits per heavy atom. The lowest BCUT2D eigenvalue weighted by Gasteiger charge is -2.03. The number of H-pyrrole nitrogens is 1. The molecule has 2 aromatic carbocycles. The highest BCUT2D eigenvalue weighted by Crippen LogP contribution is 2.18. The van der Waals surface area contributed by atoms with Gasteiger partial charge in [-0.2, -0.15) is 10.2 Å². The van der Waals surface area contributed by atoms with E-state index in [0.29, 0.717) is 5.69 Å². The summed E-state index contributed by atoms with van der Waals surface area (Å²) in [7, 11) is 0. The molecule has 1 aromatic heterocycles. The minimum atomic E-state index is -0.405. The van der Waals surface area contributed by atoms with E-state index in [4.69, 9.17) is 0 Å². The first-order valence-electron chi connectivity index (χ1n) is 7.07. The summed E-state index contributed by atoms with van der Waals surface area (Å²) in [6.07, 6.45) is 3.21. The average Bonchev–Trinajstić information content (AvgIpc) is 3.05. The van der Waals surface area contributed by atoms with Gasteiger partial charge in [0.15, 0.2) is 0 Å². The van der Waals surface area contributed by atoms with Crippen molar-refractivity contribution in [3.05, 3.63) is 72.4 Å². The molecule has 3 aromatic rings. The highest BCUT2D eigenvalue weighted by Gasteiger charge is 2.05. The zero-order valence-corrected chi connectivity index (χ0v) is 12.2. The predicted molar refractivity (Wildman–Crippen MR) is 90.2 cm³/mol. The number of hydrogen-bond acceptors (Lipinski definition) is 3. The third kappa shape index (κ3) is 3.82. The van der Waals surface area contributed by atoms with Crippen molar-refractivity contribution in [3.63, 3.8) is 0 Å². The van der Waals surface area contributed by atoms with Crippen molar-refractivity contribution >= 4 is 17.9 Å². The number of aromatic amines is 1. The molecule has 1 heterocycles. The van der Waals surface area contributed by atoms with Crippen LogP contribution in [0.15, 0.2) is 72.0 Å². The molecule has 0 radical (unpaired) electrons. The van der Waals surface area contributed by atoms with Gasteiger partial charge < -0.3 is 5.32 Å². The van der Waals surface area contributed by atoms with Crippen LogP contribution in [0.4, 0.5) is 10.5 Å². The Labute approximate surface area is 133 Å². The van der Waals surface area contributed by atoms with Gasteiger partial charge in [0.1, 0.15) is 0 Å². The van der Waals surface area contributed by atoms with Gasteiger partial charge in [-0.25, -0.2) is 10.2 Å². The number of nitrogens with one attached hydrogen (secondary N) is 3. The molecule has 0 atom stereocenters. The van der Waals surface area contributed by atoms with Gasteiger partial charge in [-0.3, -0.25) is 5.10 Å². The average molecular weight is 305 g/mol. The fourth-order valence-electron chi connectivity index (χ4n) is 2.07. The first kappa shape index (κ1) is 14.5. The molecule has 0 spiro atoms. The molecular formula is C17H15N5O. The third-order valence-electron chi connectivity index (χ3n) is 3.13. The van der Waals surface area contributed by atoms with Crippen LogP contribution in [0.2, 0.25) is 0 Å². The van der Waals surface area contributed by atoms with Crippen molar-refractivity contribution in [2.75, 3.05) is 5.32 Å². The molecule has 0 saturated heterocycles. The van der Waals surface area contributed by atoms with Gasteiger partial charge in [0.2, 0.25) is 0 Å². The molecule has 0 saturated carbocycles. The maximum atomic E-state index is 11.7. The third-order valence-corrected chi connectivity index (χ3v) is 3.13. The SMILES string of the molecule is O=C(N/N=C\c1cn[nH]c1-c1ccccc1)Nc1ccccc1. The number of nitrogens with zero attached hydrogens (tertiary/aromatic N) is 2. The Balaban J connectivity index is 1.63. The summed E-state index contributed by atoms with van der Waals surface area (Å²) in [4.78, 5) is 11.7. The van der Waals surface area contributed by atoms with Crippen molar-refractivity contribution < 1.29 is 4.79 Å². The van der Waals surface area contributed by atoms with Crippen LogP contribution in [0.3, 0.4) is 0 Å². The predicted octanol–water partition coefficient (Wildman–Crippen LogP) is 3.23. The van der Waals surface area contributed by atoms with Gasteiger partial charge in [-0.15, -0.1) is 0 Å². The number of benzene rings is 2. The van der Waals surface area contributed by atoms with E-state index in [1.54, 1.807) is 24.5 Å². The number of carbonyl (C=O) groups is 1. The zero-order chi connectivity index (χ0) is 15.9. The Hall–Kier alpha value is -3.41. The normalized spacial score (nSPS) is 10.6. The summed E-state index contributed by atoms with van der Waals surface area (Å²) in [5.74, 6) is 0. The first-order valence-corrected chi connectivity index (χ1v) is 7.07. The number of amides is 2. The smallest absolute Gasteiger partial charge is 0.307 e. The lowest BCUT2D eigenvalue weighted by Crippen LogP contribution is -2.24. The van der Waals surface area contributed by atoms with E-state index in [2.05, 4.69) is 26.0 Å². The minimum Gasteiger partial charge on any atom is -0.307 e.